The van der Waals surface area contributed by atoms with Gasteiger partial charge in [-0.25, -0.2) is 4.39 Å². The van der Waals surface area contributed by atoms with Gasteiger partial charge in [-0.3, -0.25) is 9.09 Å². The Bertz CT molecular complexity index is 422. The molecule has 0 saturated carbocycles. The molecule has 0 aliphatic carbocycles. The van der Waals surface area contributed by atoms with Gasteiger partial charge in [0.05, 0.1) is 17.0 Å². The number of alkyl halides is 2. The summed E-state index contributed by atoms with van der Waals surface area (Å²) in [7, 11) is 0.958. The van der Waals surface area contributed by atoms with Gasteiger partial charge in [0, 0.05) is 18.8 Å². The van der Waals surface area contributed by atoms with E-state index in [-0.39, 0.29) is 6.42 Å². The van der Waals surface area contributed by atoms with Gasteiger partial charge in [0.2, 0.25) is 5.85 Å². The summed E-state index contributed by atoms with van der Waals surface area (Å²) in [6, 6.07) is -0.818. The minimum absolute atomic E-state index is 0.262. The van der Waals surface area contributed by atoms with Crippen LogP contribution in [0, 0.1) is 0 Å². The third-order valence-electron chi connectivity index (χ3n) is 3.37. The van der Waals surface area contributed by atoms with E-state index in [4.69, 9.17) is 12.6 Å². The number of hydrogen-bond donors (Lipinski definition) is 3. The molecular weight excluding hydrogens is 369 g/mol. The molecule has 0 amide bonds. The number of aliphatic hydroxyl groups is 2. The van der Waals surface area contributed by atoms with Crippen molar-refractivity contribution in [2.45, 2.75) is 67.8 Å². The summed E-state index contributed by atoms with van der Waals surface area (Å²) in [5.41, 5.74) is 0. The van der Waals surface area contributed by atoms with E-state index < -0.39 is 48.3 Å². The predicted molar refractivity (Wildman–Crippen MR) is 79.1 cm³/mol. The summed E-state index contributed by atoms with van der Waals surface area (Å²) in [6.07, 6.45) is -2.81. The van der Waals surface area contributed by atoms with Gasteiger partial charge >= 0.3 is 7.60 Å². The Labute approximate surface area is 133 Å². The Morgan fingerprint density at radius 2 is 2.05 bits per heavy atom. The lowest BCUT2D eigenvalue weighted by molar-refractivity contribution is -0.123. The second-order valence-corrected chi connectivity index (χ2v) is 9.00. The number of aliphatic hydroxyl groups excluding tert-OH is 1. The van der Waals surface area contributed by atoms with E-state index in [0.29, 0.717) is 0 Å². The van der Waals surface area contributed by atoms with Gasteiger partial charge in [0.25, 0.3) is 0 Å². The maximum absolute atomic E-state index is 14.7. The molecular formula is C11H20BBrFO6P. The molecule has 0 aromatic heterocycles. The first-order valence-electron chi connectivity index (χ1n) is 6.51. The van der Waals surface area contributed by atoms with Gasteiger partial charge < -0.3 is 19.8 Å². The smallest absolute Gasteiger partial charge is 0.361 e. The van der Waals surface area contributed by atoms with E-state index in [1.54, 1.807) is 0 Å². The van der Waals surface area contributed by atoms with Crippen molar-refractivity contribution < 1.29 is 33.3 Å². The molecule has 0 aromatic rings. The Kier molecular flexibility index (Phi) is 6.10. The van der Waals surface area contributed by atoms with Gasteiger partial charge in [0.1, 0.15) is 7.85 Å². The molecule has 122 valence electrons. The first kappa shape index (κ1) is 19.6. The summed E-state index contributed by atoms with van der Waals surface area (Å²) >= 11 is 3.12. The van der Waals surface area contributed by atoms with E-state index in [9.17, 15) is 24.1 Å². The third-order valence-corrected chi connectivity index (χ3v) is 6.39. The highest BCUT2D eigenvalue weighted by Gasteiger charge is 2.50. The SMILES string of the molecule is [B][C@@H]1O[C@H](CC(F)(CC)OP(=O)(O)C(C)(C)O)[C@@H](O)[C@H]1Br. The van der Waals surface area contributed by atoms with E-state index in [0.717, 1.165) is 13.8 Å². The van der Waals surface area contributed by atoms with Crippen molar-refractivity contribution in [1.82, 2.24) is 0 Å². The Hall–Kier alpha value is 0.505. The zero-order valence-electron chi connectivity index (χ0n) is 12.1. The van der Waals surface area contributed by atoms with Crippen molar-refractivity contribution in [3.05, 3.63) is 0 Å². The fourth-order valence-corrected chi connectivity index (χ4v) is 3.14. The molecule has 10 heteroatoms. The summed E-state index contributed by atoms with van der Waals surface area (Å²) in [6.45, 7) is 3.52. The minimum atomic E-state index is -4.62. The number of ether oxygens (including phenoxy) is 1. The van der Waals surface area contributed by atoms with Crippen molar-refractivity contribution in [3.8, 4) is 0 Å². The lowest BCUT2D eigenvalue weighted by Crippen LogP contribution is -2.38. The largest absolute Gasteiger partial charge is 0.389 e. The minimum Gasteiger partial charge on any atom is -0.389 e. The molecule has 6 atom stereocenters. The molecule has 3 N–H and O–H groups in total. The lowest BCUT2D eigenvalue weighted by Gasteiger charge is -2.33. The molecule has 2 radical (unpaired) electrons. The molecule has 1 fully saturated rings. The second kappa shape index (κ2) is 6.55. The summed E-state index contributed by atoms with van der Waals surface area (Å²) in [5.74, 6) is -2.54. The zero-order valence-corrected chi connectivity index (χ0v) is 14.6. The van der Waals surface area contributed by atoms with Crippen LogP contribution in [0.1, 0.15) is 33.6 Å². The highest BCUT2D eigenvalue weighted by Crippen LogP contribution is 2.58. The van der Waals surface area contributed by atoms with Crippen molar-refractivity contribution >= 4 is 31.4 Å². The third kappa shape index (κ3) is 4.50. The molecule has 1 aliphatic heterocycles. The van der Waals surface area contributed by atoms with E-state index in [2.05, 4.69) is 20.5 Å². The van der Waals surface area contributed by atoms with Crippen molar-refractivity contribution in [1.29, 1.82) is 0 Å². The molecule has 21 heavy (non-hydrogen) atoms. The summed E-state index contributed by atoms with van der Waals surface area (Å²) in [5, 5.41) is 17.4. The summed E-state index contributed by atoms with van der Waals surface area (Å²) < 4.78 is 36.5. The first-order valence-corrected chi connectivity index (χ1v) is 9.00. The van der Waals surface area contributed by atoms with Crippen LogP contribution in [0.15, 0.2) is 0 Å². The van der Waals surface area contributed by atoms with Gasteiger partial charge in [-0.05, 0) is 13.8 Å². The van der Waals surface area contributed by atoms with Crippen molar-refractivity contribution in [2.24, 2.45) is 0 Å². The van der Waals surface area contributed by atoms with Gasteiger partial charge in [-0.1, -0.05) is 22.9 Å². The highest BCUT2D eigenvalue weighted by atomic mass is 79.9. The maximum atomic E-state index is 14.7. The van der Waals surface area contributed by atoms with E-state index in [1.165, 1.54) is 6.92 Å². The van der Waals surface area contributed by atoms with Crippen LogP contribution in [-0.2, 0) is 13.8 Å². The van der Waals surface area contributed by atoms with Crippen LogP contribution in [0.5, 0.6) is 0 Å². The fourth-order valence-electron chi connectivity index (χ4n) is 1.81. The van der Waals surface area contributed by atoms with Crippen LogP contribution in [0.3, 0.4) is 0 Å². The van der Waals surface area contributed by atoms with Gasteiger partial charge in [-0.2, -0.15) is 0 Å². The fraction of sp³-hybridized carbons (Fsp3) is 1.00. The molecule has 0 aromatic carbocycles. The average molecular weight is 389 g/mol. The normalized spacial score (nSPS) is 36.2. The quantitative estimate of drug-likeness (QED) is 0.361. The van der Waals surface area contributed by atoms with Crippen LogP contribution in [0.2, 0.25) is 0 Å². The number of hydrogen-bond acceptors (Lipinski definition) is 5. The Balaban J connectivity index is 2.85. The molecule has 0 spiro atoms. The van der Waals surface area contributed by atoms with E-state index in [1.807, 2.05) is 0 Å². The monoisotopic (exact) mass is 388 g/mol. The topological polar surface area (TPSA) is 96.2 Å². The standard InChI is InChI=1S/C11H20BBrFO6P/c1-4-11(14,20-21(17,18)10(2,3)16)5-6-8(15)7(13)9(12)19-6/h6-9,15-16H,4-5H2,1-3H3,(H,17,18)/t6-,7-,8-,9-,11?/m1/s1. The predicted octanol–water partition coefficient (Wildman–Crippen LogP) is 1.40. The van der Waals surface area contributed by atoms with Crippen LogP contribution >= 0.6 is 23.5 Å². The van der Waals surface area contributed by atoms with E-state index >= 15 is 0 Å². The summed E-state index contributed by atoms with van der Waals surface area (Å²) in [4.78, 5) is 9.10. The maximum Gasteiger partial charge on any atom is 0.361 e. The van der Waals surface area contributed by atoms with Crippen LogP contribution in [0.4, 0.5) is 4.39 Å². The zero-order chi connectivity index (χ0) is 16.6. The Morgan fingerprint density at radius 3 is 2.38 bits per heavy atom. The van der Waals surface area contributed by atoms with Crippen LogP contribution in [-0.4, -0.2) is 57.2 Å². The van der Waals surface area contributed by atoms with Crippen molar-refractivity contribution in [2.75, 3.05) is 0 Å². The van der Waals surface area contributed by atoms with Gasteiger partial charge in [0.15, 0.2) is 5.34 Å². The van der Waals surface area contributed by atoms with Crippen molar-refractivity contribution in [3.63, 3.8) is 0 Å². The molecule has 1 rings (SSSR count). The second-order valence-electron chi connectivity index (χ2n) is 5.62. The molecule has 2 unspecified atom stereocenters. The number of halogens is 2. The van der Waals surface area contributed by atoms with Gasteiger partial charge in [-0.15, -0.1) is 0 Å². The molecule has 0 bridgehead atoms. The lowest BCUT2D eigenvalue weighted by atomic mass is 9.95. The first-order chi connectivity index (χ1) is 9.33. The highest BCUT2D eigenvalue weighted by molar-refractivity contribution is 9.09. The number of rotatable bonds is 6. The molecule has 1 saturated heterocycles. The molecule has 6 nitrogen and oxygen atoms in total. The molecule has 1 aliphatic rings. The van der Waals surface area contributed by atoms with Crippen LogP contribution in [0.25, 0.3) is 0 Å². The average Bonchev–Trinajstić information content (AvgIpc) is 2.55. The Morgan fingerprint density at radius 1 is 1.52 bits per heavy atom. The molecule has 1 heterocycles. The van der Waals surface area contributed by atoms with Crippen LogP contribution < -0.4 is 0 Å².